The Morgan fingerprint density at radius 3 is 2.79 bits per heavy atom. The van der Waals surface area contributed by atoms with Gasteiger partial charge in [-0.2, -0.15) is 0 Å². The van der Waals surface area contributed by atoms with Crippen molar-refractivity contribution in [2.45, 2.75) is 31.1 Å². The van der Waals surface area contributed by atoms with Crippen LogP contribution in [0.15, 0.2) is 34.5 Å². The molecular formula is C17H19N3O2S2. The average molecular weight is 361 g/mol. The van der Waals surface area contributed by atoms with Gasteiger partial charge >= 0.3 is 0 Å². The molecule has 0 saturated carbocycles. The second kappa shape index (κ2) is 6.57. The number of thiazole rings is 1. The smallest absolute Gasteiger partial charge is 0.246 e. The standard InChI is InChI=1S/C17H19N3O2S2/c1-17(2,3)13-9-24-16(18-13)19-14(21)8-20-11-6-4-5-7-12(11)23-10-15(20)22/h4-7,9H,8,10H2,1-3H3,(H,18,19,21). The van der Waals surface area contributed by atoms with E-state index >= 15 is 0 Å². The highest BCUT2D eigenvalue weighted by Gasteiger charge is 2.26. The normalized spacial score (nSPS) is 14.5. The van der Waals surface area contributed by atoms with Crippen molar-refractivity contribution in [3.63, 3.8) is 0 Å². The summed E-state index contributed by atoms with van der Waals surface area (Å²) in [7, 11) is 0. The fraction of sp³-hybridized carbons (Fsp3) is 0.353. The van der Waals surface area contributed by atoms with Crippen LogP contribution in [0.2, 0.25) is 0 Å². The highest BCUT2D eigenvalue weighted by molar-refractivity contribution is 8.00. The zero-order valence-corrected chi connectivity index (χ0v) is 15.5. The van der Waals surface area contributed by atoms with Crippen molar-refractivity contribution >= 4 is 45.7 Å². The molecule has 7 heteroatoms. The molecule has 0 bridgehead atoms. The zero-order chi connectivity index (χ0) is 17.3. The van der Waals surface area contributed by atoms with E-state index in [2.05, 4.69) is 31.1 Å². The molecule has 1 aliphatic heterocycles. The van der Waals surface area contributed by atoms with Gasteiger partial charge in [-0.15, -0.1) is 23.1 Å². The first-order valence-electron chi connectivity index (χ1n) is 7.62. The molecule has 1 aromatic heterocycles. The van der Waals surface area contributed by atoms with E-state index in [9.17, 15) is 9.59 Å². The Bertz CT molecular complexity index is 780. The number of rotatable bonds is 3. The number of amides is 2. The summed E-state index contributed by atoms with van der Waals surface area (Å²) in [5.74, 6) is 0.0682. The largest absolute Gasteiger partial charge is 0.301 e. The lowest BCUT2D eigenvalue weighted by atomic mass is 9.93. The number of hydrogen-bond donors (Lipinski definition) is 1. The maximum Gasteiger partial charge on any atom is 0.246 e. The van der Waals surface area contributed by atoms with E-state index in [1.807, 2.05) is 29.6 Å². The number of para-hydroxylation sites is 1. The maximum atomic E-state index is 12.3. The van der Waals surface area contributed by atoms with Crippen molar-refractivity contribution in [1.29, 1.82) is 0 Å². The molecule has 126 valence electrons. The summed E-state index contributed by atoms with van der Waals surface area (Å²) in [6, 6.07) is 7.64. The second-order valence-electron chi connectivity index (χ2n) is 6.57. The number of carbonyl (C=O) groups excluding carboxylic acids is 2. The lowest BCUT2D eigenvalue weighted by molar-refractivity contribution is -0.120. The molecule has 2 heterocycles. The van der Waals surface area contributed by atoms with E-state index in [1.165, 1.54) is 23.1 Å². The number of fused-ring (bicyclic) bond motifs is 1. The summed E-state index contributed by atoms with van der Waals surface area (Å²) in [5, 5.41) is 5.32. The van der Waals surface area contributed by atoms with Gasteiger partial charge in [0.15, 0.2) is 5.13 Å². The van der Waals surface area contributed by atoms with Crippen molar-refractivity contribution in [3.8, 4) is 0 Å². The van der Waals surface area contributed by atoms with Crippen LogP contribution in [0, 0.1) is 0 Å². The summed E-state index contributed by atoms with van der Waals surface area (Å²) in [6.45, 7) is 6.23. The van der Waals surface area contributed by atoms with Gasteiger partial charge in [-0.1, -0.05) is 32.9 Å². The Labute approximate surface area is 149 Å². The van der Waals surface area contributed by atoms with Crippen LogP contribution in [-0.4, -0.2) is 29.1 Å². The van der Waals surface area contributed by atoms with Gasteiger partial charge in [0.25, 0.3) is 0 Å². The molecule has 1 aliphatic rings. The number of nitrogens with zero attached hydrogens (tertiary/aromatic N) is 2. The fourth-order valence-electron chi connectivity index (χ4n) is 2.31. The maximum absolute atomic E-state index is 12.3. The summed E-state index contributed by atoms with van der Waals surface area (Å²) >= 11 is 2.91. The van der Waals surface area contributed by atoms with Gasteiger partial charge in [-0.25, -0.2) is 4.98 Å². The van der Waals surface area contributed by atoms with E-state index in [0.29, 0.717) is 10.9 Å². The third-order valence-corrected chi connectivity index (χ3v) is 5.43. The Morgan fingerprint density at radius 1 is 1.33 bits per heavy atom. The monoisotopic (exact) mass is 361 g/mol. The third kappa shape index (κ3) is 3.62. The molecule has 0 unspecified atom stereocenters. The molecule has 0 fully saturated rings. The summed E-state index contributed by atoms with van der Waals surface area (Å²) in [6.07, 6.45) is 0. The number of anilines is 2. The van der Waals surface area contributed by atoms with E-state index < -0.39 is 0 Å². The molecule has 0 saturated heterocycles. The molecule has 2 amide bonds. The van der Waals surface area contributed by atoms with Crippen LogP contribution < -0.4 is 10.2 Å². The topological polar surface area (TPSA) is 62.3 Å². The molecule has 1 N–H and O–H groups in total. The van der Waals surface area contributed by atoms with Gasteiger partial charge in [0, 0.05) is 15.7 Å². The predicted molar refractivity (Wildman–Crippen MR) is 99.0 cm³/mol. The van der Waals surface area contributed by atoms with Crippen LogP contribution in [0.3, 0.4) is 0 Å². The Balaban J connectivity index is 1.71. The van der Waals surface area contributed by atoms with Gasteiger partial charge in [0.05, 0.1) is 17.1 Å². The van der Waals surface area contributed by atoms with E-state index in [1.54, 1.807) is 4.90 Å². The van der Waals surface area contributed by atoms with Crippen LogP contribution in [0.1, 0.15) is 26.5 Å². The van der Waals surface area contributed by atoms with Crippen LogP contribution in [-0.2, 0) is 15.0 Å². The Morgan fingerprint density at radius 2 is 2.08 bits per heavy atom. The minimum absolute atomic E-state index is 0.000831. The minimum Gasteiger partial charge on any atom is -0.301 e. The number of hydrogen-bond acceptors (Lipinski definition) is 5. The molecule has 3 rings (SSSR count). The molecule has 5 nitrogen and oxygen atoms in total. The van der Waals surface area contributed by atoms with Crippen LogP contribution in [0.25, 0.3) is 0 Å². The molecule has 1 aromatic carbocycles. The van der Waals surface area contributed by atoms with Crippen LogP contribution >= 0.6 is 23.1 Å². The Hall–Kier alpha value is -1.86. The highest BCUT2D eigenvalue weighted by Crippen LogP contribution is 2.34. The summed E-state index contributed by atoms with van der Waals surface area (Å²) in [5.41, 5.74) is 1.68. The molecule has 24 heavy (non-hydrogen) atoms. The van der Waals surface area contributed by atoms with Gasteiger partial charge < -0.3 is 10.2 Å². The molecule has 2 aromatic rings. The molecule has 0 radical (unpaired) electrons. The Kier molecular flexibility index (Phi) is 4.64. The first-order valence-corrected chi connectivity index (χ1v) is 9.49. The van der Waals surface area contributed by atoms with Gasteiger partial charge in [-0.3, -0.25) is 9.59 Å². The van der Waals surface area contributed by atoms with E-state index in [-0.39, 0.29) is 23.8 Å². The third-order valence-electron chi connectivity index (χ3n) is 3.63. The summed E-state index contributed by atoms with van der Waals surface area (Å²) < 4.78 is 0. The van der Waals surface area contributed by atoms with Crippen molar-refractivity contribution in [3.05, 3.63) is 35.3 Å². The molecule has 0 spiro atoms. The predicted octanol–water partition coefficient (Wildman–Crippen LogP) is 3.52. The van der Waals surface area contributed by atoms with Crippen LogP contribution in [0.5, 0.6) is 0 Å². The highest BCUT2D eigenvalue weighted by atomic mass is 32.2. The van der Waals surface area contributed by atoms with Crippen molar-refractivity contribution in [1.82, 2.24) is 4.98 Å². The van der Waals surface area contributed by atoms with E-state index in [4.69, 9.17) is 0 Å². The van der Waals surface area contributed by atoms with Crippen molar-refractivity contribution < 1.29 is 9.59 Å². The number of carbonyl (C=O) groups is 2. The number of benzene rings is 1. The summed E-state index contributed by atoms with van der Waals surface area (Å²) in [4.78, 5) is 31.6. The van der Waals surface area contributed by atoms with Gasteiger partial charge in [0.1, 0.15) is 6.54 Å². The fourth-order valence-corrected chi connectivity index (χ4v) is 4.19. The SMILES string of the molecule is CC(C)(C)c1csc(NC(=O)CN2C(=O)CSc3ccccc32)n1. The lowest BCUT2D eigenvalue weighted by Crippen LogP contribution is -2.41. The minimum atomic E-state index is -0.236. The lowest BCUT2D eigenvalue weighted by Gasteiger charge is -2.28. The van der Waals surface area contributed by atoms with Gasteiger partial charge in [0.2, 0.25) is 11.8 Å². The first kappa shape index (κ1) is 17.0. The zero-order valence-electron chi connectivity index (χ0n) is 13.8. The first-order chi connectivity index (χ1) is 11.3. The second-order valence-corrected chi connectivity index (χ2v) is 8.45. The van der Waals surface area contributed by atoms with Gasteiger partial charge in [-0.05, 0) is 12.1 Å². The quantitative estimate of drug-likeness (QED) is 0.909. The van der Waals surface area contributed by atoms with E-state index in [0.717, 1.165) is 16.3 Å². The van der Waals surface area contributed by atoms with Crippen molar-refractivity contribution in [2.75, 3.05) is 22.5 Å². The number of nitrogens with one attached hydrogen (secondary N) is 1. The molecular weight excluding hydrogens is 342 g/mol. The average Bonchev–Trinajstić information content (AvgIpc) is 2.99. The van der Waals surface area contributed by atoms with Crippen molar-refractivity contribution in [2.24, 2.45) is 0 Å². The van der Waals surface area contributed by atoms with Crippen LogP contribution in [0.4, 0.5) is 10.8 Å². The number of aromatic nitrogens is 1. The molecule has 0 atom stereocenters. The number of thioether (sulfide) groups is 1. The molecule has 0 aliphatic carbocycles.